The third-order valence-electron chi connectivity index (χ3n) is 4.58. The molecule has 3 aromatic rings. The van der Waals surface area contributed by atoms with Gasteiger partial charge in [0, 0.05) is 11.1 Å². The molecule has 3 rings (SSSR count). The van der Waals surface area contributed by atoms with Gasteiger partial charge in [0.1, 0.15) is 17.5 Å². The van der Waals surface area contributed by atoms with E-state index in [0.717, 1.165) is 30.5 Å². The van der Waals surface area contributed by atoms with E-state index >= 15 is 0 Å². The molecule has 0 bridgehead atoms. The van der Waals surface area contributed by atoms with Crippen molar-refractivity contribution >= 4 is 0 Å². The van der Waals surface area contributed by atoms with Gasteiger partial charge in [0.05, 0.1) is 5.56 Å². The van der Waals surface area contributed by atoms with Gasteiger partial charge in [-0.05, 0) is 60.4 Å². The Morgan fingerprint density at radius 2 is 1.46 bits per heavy atom. The van der Waals surface area contributed by atoms with Crippen LogP contribution < -0.4 is 0 Å². The summed E-state index contributed by atoms with van der Waals surface area (Å²) in [5.74, 6) is 3.96. The lowest BCUT2D eigenvalue weighted by Gasteiger charge is -2.05. The van der Waals surface area contributed by atoms with Crippen LogP contribution in [0.4, 0.5) is 13.2 Å². The summed E-state index contributed by atoms with van der Waals surface area (Å²) in [6.45, 7) is 2.17. The summed E-state index contributed by atoms with van der Waals surface area (Å²) in [5.41, 5.74) is 2.49. The van der Waals surface area contributed by atoms with Gasteiger partial charge in [-0.15, -0.1) is 0 Å². The number of hydrogen-bond acceptors (Lipinski definition) is 0. The van der Waals surface area contributed by atoms with Crippen LogP contribution in [0.1, 0.15) is 42.9 Å². The van der Waals surface area contributed by atoms with Gasteiger partial charge in [-0.2, -0.15) is 0 Å². The Balaban J connectivity index is 1.78. The zero-order chi connectivity index (χ0) is 19.9. The molecular formula is C25H21F3. The van der Waals surface area contributed by atoms with Crippen LogP contribution in [0.15, 0.2) is 60.7 Å². The number of benzene rings is 3. The molecule has 0 spiro atoms. The van der Waals surface area contributed by atoms with Gasteiger partial charge in [-0.1, -0.05) is 55.9 Å². The van der Waals surface area contributed by atoms with E-state index in [1.165, 1.54) is 42.7 Å². The fourth-order valence-electron chi connectivity index (χ4n) is 2.97. The van der Waals surface area contributed by atoms with Crippen LogP contribution in [-0.4, -0.2) is 0 Å². The van der Waals surface area contributed by atoms with E-state index in [0.29, 0.717) is 5.56 Å². The van der Waals surface area contributed by atoms with Crippen molar-refractivity contribution in [1.82, 2.24) is 0 Å². The minimum atomic E-state index is -0.607. The van der Waals surface area contributed by atoms with Crippen molar-refractivity contribution in [2.75, 3.05) is 0 Å². The molecular weight excluding hydrogens is 357 g/mol. The highest BCUT2D eigenvalue weighted by Crippen LogP contribution is 2.25. The molecule has 3 aromatic carbocycles. The van der Waals surface area contributed by atoms with Crippen LogP contribution in [0.5, 0.6) is 0 Å². The molecule has 0 amide bonds. The third-order valence-corrected chi connectivity index (χ3v) is 4.58. The van der Waals surface area contributed by atoms with E-state index in [9.17, 15) is 13.2 Å². The van der Waals surface area contributed by atoms with Crippen molar-refractivity contribution in [3.05, 3.63) is 94.8 Å². The summed E-state index contributed by atoms with van der Waals surface area (Å²) >= 11 is 0. The molecule has 0 fully saturated rings. The van der Waals surface area contributed by atoms with Crippen molar-refractivity contribution in [2.45, 2.75) is 32.6 Å². The predicted molar refractivity (Wildman–Crippen MR) is 107 cm³/mol. The zero-order valence-corrected chi connectivity index (χ0v) is 15.7. The number of rotatable bonds is 5. The van der Waals surface area contributed by atoms with Gasteiger partial charge in [0.15, 0.2) is 0 Å². The van der Waals surface area contributed by atoms with Crippen LogP contribution in [0.2, 0.25) is 0 Å². The quantitative estimate of drug-likeness (QED) is 0.334. The van der Waals surface area contributed by atoms with E-state index < -0.39 is 17.5 Å². The molecule has 0 aliphatic heterocycles. The molecule has 0 aromatic heterocycles. The summed E-state index contributed by atoms with van der Waals surface area (Å²) in [6.07, 6.45) is 4.59. The van der Waals surface area contributed by atoms with Crippen LogP contribution in [0.3, 0.4) is 0 Å². The number of unbranched alkanes of at least 4 members (excludes halogenated alkanes) is 2. The van der Waals surface area contributed by atoms with Crippen LogP contribution in [0.25, 0.3) is 11.1 Å². The normalized spacial score (nSPS) is 10.4. The Labute approximate surface area is 164 Å². The summed E-state index contributed by atoms with van der Waals surface area (Å²) < 4.78 is 41.8. The van der Waals surface area contributed by atoms with Crippen molar-refractivity contribution in [2.24, 2.45) is 0 Å². The highest BCUT2D eigenvalue weighted by atomic mass is 19.1. The molecule has 28 heavy (non-hydrogen) atoms. The number of aryl methyl sites for hydroxylation is 1. The molecule has 142 valence electrons. The van der Waals surface area contributed by atoms with E-state index in [2.05, 4.69) is 18.8 Å². The van der Waals surface area contributed by atoms with Crippen LogP contribution >= 0.6 is 0 Å². The summed E-state index contributed by atoms with van der Waals surface area (Å²) in [4.78, 5) is 0. The molecule has 0 unspecified atom stereocenters. The second-order valence-corrected chi connectivity index (χ2v) is 6.72. The van der Waals surface area contributed by atoms with Gasteiger partial charge in [0.25, 0.3) is 0 Å². The largest absolute Gasteiger partial charge is 0.207 e. The monoisotopic (exact) mass is 378 g/mol. The Bertz CT molecular complexity index is 991. The van der Waals surface area contributed by atoms with E-state index in [1.807, 2.05) is 24.3 Å². The average Bonchev–Trinajstić information content (AvgIpc) is 2.70. The topological polar surface area (TPSA) is 0 Å². The van der Waals surface area contributed by atoms with Gasteiger partial charge < -0.3 is 0 Å². The number of hydrogen-bond donors (Lipinski definition) is 0. The van der Waals surface area contributed by atoms with Gasteiger partial charge in [0.2, 0.25) is 0 Å². The zero-order valence-electron chi connectivity index (χ0n) is 15.7. The summed E-state index contributed by atoms with van der Waals surface area (Å²) in [6, 6.07) is 15.3. The highest BCUT2D eigenvalue weighted by Gasteiger charge is 2.10. The van der Waals surface area contributed by atoms with Crippen LogP contribution in [0, 0.1) is 29.3 Å². The molecule has 0 saturated carbocycles. The maximum Gasteiger partial charge on any atom is 0.139 e. The van der Waals surface area contributed by atoms with E-state index in [1.54, 1.807) is 0 Å². The molecule has 0 atom stereocenters. The Morgan fingerprint density at radius 1 is 0.750 bits per heavy atom. The maximum absolute atomic E-state index is 14.4. The highest BCUT2D eigenvalue weighted by molar-refractivity contribution is 5.65. The van der Waals surface area contributed by atoms with E-state index in [4.69, 9.17) is 0 Å². The molecule has 0 nitrogen and oxygen atoms in total. The molecule has 0 heterocycles. The van der Waals surface area contributed by atoms with Crippen molar-refractivity contribution in [3.8, 4) is 23.0 Å². The average molecular weight is 378 g/mol. The fraction of sp³-hybridized carbons (Fsp3) is 0.200. The number of halogens is 3. The molecule has 3 heteroatoms. The lowest BCUT2D eigenvalue weighted by Crippen LogP contribution is -1.92. The fourth-order valence-corrected chi connectivity index (χ4v) is 2.97. The SMILES string of the molecule is CCCCCc1ccc(C#Cc2cc(F)c(-c3ccc(F)cc3)cc2F)cc1. The van der Waals surface area contributed by atoms with Gasteiger partial charge in [-0.3, -0.25) is 0 Å². The van der Waals surface area contributed by atoms with Crippen LogP contribution in [-0.2, 0) is 6.42 Å². The standard InChI is InChI=1S/C25H21F3/c1-2-3-4-5-18-6-8-19(9-7-18)10-11-21-16-25(28)23(17-24(21)27)20-12-14-22(26)15-13-20/h6-9,12-17H,2-5H2,1H3. The maximum atomic E-state index is 14.4. The van der Waals surface area contributed by atoms with Crippen molar-refractivity contribution in [1.29, 1.82) is 0 Å². The minimum absolute atomic E-state index is 0.00427. The lowest BCUT2D eigenvalue weighted by atomic mass is 10.0. The molecule has 0 radical (unpaired) electrons. The van der Waals surface area contributed by atoms with E-state index in [-0.39, 0.29) is 11.1 Å². The Hall–Kier alpha value is -2.99. The second kappa shape index (κ2) is 9.28. The smallest absolute Gasteiger partial charge is 0.139 e. The second-order valence-electron chi connectivity index (χ2n) is 6.72. The minimum Gasteiger partial charge on any atom is -0.207 e. The lowest BCUT2D eigenvalue weighted by molar-refractivity contribution is 0.600. The van der Waals surface area contributed by atoms with Gasteiger partial charge in [-0.25, -0.2) is 13.2 Å². The Morgan fingerprint density at radius 3 is 2.14 bits per heavy atom. The third kappa shape index (κ3) is 5.04. The molecule has 0 saturated heterocycles. The summed E-state index contributed by atoms with van der Waals surface area (Å²) in [7, 11) is 0. The van der Waals surface area contributed by atoms with Gasteiger partial charge >= 0.3 is 0 Å². The predicted octanol–water partition coefficient (Wildman–Crippen LogP) is 6.90. The molecule has 0 aliphatic rings. The summed E-state index contributed by atoms with van der Waals surface area (Å²) in [5, 5.41) is 0. The first-order chi connectivity index (χ1) is 13.6. The first-order valence-electron chi connectivity index (χ1n) is 9.43. The molecule has 0 aliphatic carbocycles. The molecule has 0 N–H and O–H groups in total. The Kier molecular flexibility index (Phi) is 6.55. The van der Waals surface area contributed by atoms with Crippen molar-refractivity contribution in [3.63, 3.8) is 0 Å². The first kappa shape index (κ1) is 19.8. The first-order valence-corrected chi connectivity index (χ1v) is 9.43. The van der Waals surface area contributed by atoms with Crippen molar-refractivity contribution < 1.29 is 13.2 Å².